The summed E-state index contributed by atoms with van der Waals surface area (Å²) in [6.07, 6.45) is 0.501. The normalized spacial score (nSPS) is 10.8. The molecule has 0 saturated carbocycles. The van der Waals surface area contributed by atoms with Gasteiger partial charge in [-0.3, -0.25) is 14.2 Å². The smallest absolute Gasteiger partial charge is 0.328 e. The van der Waals surface area contributed by atoms with Crippen molar-refractivity contribution in [2.75, 3.05) is 14.2 Å². The third-order valence-electron chi connectivity index (χ3n) is 5.64. The fourth-order valence-corrected chi connectivity index (χ4v) is 3.66. The molecule has 0 atom stereocenters. The highest BCUT2D eigenvalue weighted by atomic mass is 16.5. The molecule has 1 amide bonds. The van der Waals surface area contributed by atoms with Crippen LogP contribution in [0, 0.1) is 0 Å². The standard InChI is InChI=1S/C26H25N3O5/c1-33-20-8-3-17(4-9-20)13-14-29-25(31)22-15-19(7-12-23(22)28-26(29)32)24(30)27-16-18-5-10-21(34-2)11-6-18/h3-12,15H,13-14,16H2,1-2H3,(H,27,30)(H,28,32). The molecule has 1 aromatic heterocycles. The molecule has 3 aromatic carbocycles. The van der Waals surface area contributed by atoms with Crippen LogP contribution < -0.4 is 26.0 Å². The largest absolute Gasteiger partial charge is 0.497 e. The highest BCUT2D eigenvalue weighted by Crippen LogP contribution is 2.14. The van der Waals surface area contributed by atoms with E-state index in [1.807, 2.05) is 48.5 Å². The van der Waals surface area contributed by atoms with Gasteiger partial charge in [0.15, 0.2) is 0 Å². The fourth-order valence-electron chi connectivity index (χ4n) is 3.66. The lowest BCUT2D eigenvalue weighted by Crippen LogP contribution is -2.35. The van der Waals surface area contributed by atoms with Crippen molar-refractivity contribution in [2.45, 2.75) is 19.5 Å². The maximum Gasteiger partial charge on any atom is 0.328 e. The van der Waals surface area contributed by atoms with Crippen molar-refractivity contribution in [3.05, 3.63) is 104 Å². The zero-order valence-electron chi connectivity index (χ0n) is 19.0. The number of aromatic nitrogens is 2. The number of aromatic amines is 1. The van der Waals surface area contributed by atoms with E-state index >= 15 is 0 Å². The van der Waals surface area contributed by atoms with Gasteiger partial charge in [-0.2, -0.15) is 0 Å². The Morgan fingerprint density at radius 1 is 0.882 bits per heavy atom. The van der Waals surface area contributed by atoms with Crippen molar-refractivity contribution in [3.8, 4) is 11.5 Å². The lowest BCUT2D eigenvalue weighted by atomic mass is 10.1. The van der Waals surface area contributed by atoms with Crippen LogP contribution in [0.4, 0.5) is 0 Å². The molecule has 0 aliphatic carbocycles. The van der Waals surface area contributed by atoms with Gasteiger partial charge in [-0.1, -0.05) is 24.3 Å². The van der Waals surface area contributed by atoms with E-state index in [1.165, 1.54) is 6.07 Å². The number of hydrogen-bond donors (Lipinski definition) is 2. The van der Waals surface area contributed by atoms with Gasteiger partial charge in [-0.25, -0.2) is 4.79 Å². The predicted octanol–water partition coefficient (Wildman–Crippen LogP) is 2.88. The number of nitrogens with one attached hydrogen (secondary N) is 2. The van der Waals surface area contributed by atoms with Crippen LogP contribution in [-0.4, -0.2) is 29.7 Å². The average Bonchev–Trinajstić information content (AvgIpc) is 2.87. The number of methoxy groups -OCH3 is 2. The molecule has 0 spiro atoms. The molecule has 4 aromatic rings. The summed E-state index contributed by atoms with van der Waals surface area (Å²) < 4.78 is 11.4. The second kappa shape index (κ2) is 10.1. The summed E-state index contributed by atoms with van der Waals surface area (Å²) in [5.74, 6) is 1.16. The van der Waals surface area contributed by atoms with Crippen molar-refractivity contribution < 1.29 is 14.3 Å². The van der Waals surface area contributed by atoms with E-state index < -0.39 is 11.2 Å². The van der Waals surface area contributed by atoms with Crippen LogP contribution in [0.5, 0.6) is 11.5 Å². The predicted molar refractivity (Wildman–Crippen MR) is 130 cm³/mol. The van der Waals surface area contributed by atoms with E-state index in [9.17, 15) is 14.4 Å². The summed E-state index contributed by atoms with van der Waals surface area (Å²) in [4.78, 5) is 41.0. The molecule has 8 heteroatoms. The van der Waals surface area contributed by atoms with Crippen molar-refractivity contribution in [1.29, 1.82) is 0 Å². The van der Waals surface area contributed by atoms with Crippen LogP contribution >= 0.6 is 0 Å². The first-order valence-corrected chi connectivity index (χ1v) is 10.8. The zero-order chi connectivity index (χ0) is 24.1. The molecule has 0 aliphatic rings. The molecule has 0 saturated heterocycles. The number of carbonyl (C=O) groups is 1. The minimum absolute atomic E-state index is 0.213. The quantitative estimate of drug-likeness (QED) is 0.422. The molecule has 1 heterocycles. The molecular formula is C26H25N3O5. The minimum atomic E-state index is -0.484. The summed E-state index contributed by atoms with van der Waals surface area (Å²) >= 11 is 0. The van der Waals surface area contributed by atoms with Crippen molar-refractivity contribution in [2.24, 2.45) is 0 Å². The molecule has 8 nitrogen and oxygen atoms in total. The highest BCUT2D eigenvalue weighted by molar-refractivity contribution is 5.97. The first kappa shape index (κ1) is 22.8. The summed E-state index contributed by atoms with van der Waals surface area (Å²) in [5, 5.41) is 3.13. The first-order chi connectivity index (χ1) is 16.5. The summed E-state index contributed by atoms with van der Waals surface area (Å²) in [5.41, 5.74) is 1.70. The number of hydrogen-bond acceptors (Lipinski definition) is 5. The van der Waals surface area contributed by atoms with Gasteiger partial charge in [0.25, 0.3) is 11.5 Å². The summed E-state index contributed by atoms with van der Waals surface area (Å²) in [6.45, 7) is 0.545. The fraction of sp³-hybridized carbons (Fsp3) is 0.192. The maximum atomic E-state index is 13.1. The lowest BCUT2D eigenvalue weighted by Gasteiger charge is -2.09. The number of benzene rings is 3. The average molecular weight is 460 g/mol. The summed E-state index contributed by atoms with van der Waals surface area (Å²) in [6, 6.07) is 19.5. The van der Waals surface area contributed by atoms with Gasteiger partial charge in [0.05, 0.1) is 25.1 Å². The van der Waals surface area contributed by atoms with Gasteiger partial charge in [0.1, 0.15) is 11.5 Å². The molecule has 0 unspecified atom stereocenters. The van der Waals surface area contributed by atoms with Crippen LogP contribution in [0.2, 0.25) is 0 Å². The SMILES string of the molecule is COc1ccc(CCn2c(=O)[nH]c3ccc(C(=O)NCc4ccc(OC)cc4)cc3c2=O)cc1. The Morgan fingerprint density at radius 3 is 2.12 bits per heavy atom. The van der Waals surface area contributed by atoms with Gasteiger partial charge in [0, 0.05) is 18.7 Å². The Hall–Kier alpha value is -4.33. The van der Waals surface area contributed by atoms with E-state index in [0.717, 1.165) is 27.2 Å². The molecule has 2 N–H and O–H groups in total. The monoisotopic (exact) mass is 459 g/mol. The molecule has 174 valence electrons. The van der Waals surface area contributed by atoms with E-state index in [1.54, 1.807) is 26.4 Å². The number of amides is 1. The molecule has 0 aliphatic heterocycles. The Bertz CT molecular complexity index is 1420. The van der Waals surface area contributed by atoms with Gasteiger partial charge in [-0.15, -0.1) is 0 Å². The topological polar surface area (TPSA) is 102 Å². The number of H-pyrrole nitrogens is 1. The highest BCUT2D eigenvalue weighted by Gasteiger charge is 2.12. The van der Waals surface area contributed by atoms with Gasteiger partial charge in [-0.05, 0) is 60.0 Å². The van der Waals surface area contributed by atoms with Crippen LogP contribution in [0.3, 0.4) is 0 Å². The third kappa shape index (κ3) is 5.01. The van der Waals surface area contributed by atoms with Crippen molar-refractivity contribution >= 4 is 16.8 Å². The number of aryl methyl sites for hydroxylation is 1. The summed E-state index contributed by atoms with van der Waals surface area (Å²) in [7, 11) is 3.19. The molecule has 34 heavy (non-hydrogen) atoms. The third-order valence-corrected chi connectivity index (χ3v) is 5.64. The molecule has 4 rings (SSSR count). The molecule has 0 radical (unpaired) electrons. The number of ether oxygens (including phenoxy) is 2. The minimum Gasteiger partial charge on any atom is -0.497 e. The number of nitrogens with zero attached hydrogens (tertiary/aromatic N) is 1. The zero-order valence-corrected chi connectivity index (χ0v) is 19.0. The van der Waals surface area contributed by atoms with Crippen LogP contribution in [-0.2, 0) is 19.5 Å². The Labute approximate surface area is 195 Å². The van der Waals surface area contributed by atoms with E-state index in [2.05, 4.69) is 10.3 Å². The van der Waals surface area contributed by atoms with Crippen molar-refractivity contribution in [3.63, 3.8) is 0 Å². The molecular weight excluding hydrogens is 434 g/mol. The lowest BCUT2D eigenvalue weighted by molar-refractivity contribution is 0.0951. The van der Waals surface area contributed by atoms with Crippen LogP contribution in [0.1, 0.15) is 21.5 Å². The number of carbonyl (C=O) groups excluding carboxylic acids is 1. The number of rotatable bonds is 8. The van der Waals surface area contributed by atoms with E-state index in [-0.39, 0.29) is 17.8 Å². The maximum absolute atomic E-state index is 13.1. The first-order valence-electron chi connectivity index (χ1n) is 10.8. The van der Waals surface area contributed by atoms with E-state index in [0.29, 0.717) is 24.0 Å². The second-order valence-electron chi connectivity index (χ2n) is 7.78. The number of fused-ring (bicyclic) bond motifs is 1. The molecule has 0 fully saturated rings. The van der Waals surface area contributed by atoms with E-state index in [4.69, 9.17) is 9.47 Å². The molecule has 0 bridgehead atoms. The second-order valence-corrected chi connectivity index (χ2v) is 7.78. The van der Waals surface area contributed by atoms with Gasteiger partial charge < -0.3 is 19.8 Å². The van der Waals surface area contributed by atoms with Gasteiger partial charge in [0.2, 0.25) is 0 Å². The Morgan fingerprint density at radius 2 is 1.50 bits per heavy atom. The van der Waals surface area contributed by atoms with Crippen LogP contribution in [0.25, 0.3) is 10.9 Å². The Kier molecular flexibility index (Phi) is 6.77. The van der Waals surface area contributed by atoms with Crippen molar-refractivity contribution in [1.82, 2.24) is 14.9 Å². The van der Waals surface area contributed by atoms with Gasteiger partial charge >= 0.3 is 5.69 Å². The Balaban J connectivity index is 1.52. The van der Waals surface area contributed by atoms with Crippen LogP contribution in [0.15, 0.2) is 76.3 Å².